The van der Waals surface area contributed by atoms with E-state index in [2.05, 4.69) is 120 Å². The van der Waals surface area contributed by atoms with Gasteiger partial charge in [0.15, 0.2) is 23.2 Å². The summed E-state index contributed by atoms with van der Waals surface area (Å²) in [6.45, 7) is 7.33. The van der Waals surface area contributed by atoms with E-state index in [-0.39, 0.29) is 0 Å². The van der Waals surface area contributed by atoms with Gasteiger partial charge in [0.2, 0.25) is 0 Å². The van der Waals surface area contributed by atoms with Crippen molar-refractivity contribution in [2.75, 3.05) is 0 Å². The zero-order chi connectivity index (χ0) is 34.9. The number of benzene rings is 8. The minimum atomic E-state index is 0.595. The molecule has 0 aliphatic heterocycles. The van der Waals surface area contributed by atoms with Crippen LogP contribution >= 0.6 is 0 Å². The normalized spacial score (nSPS) is 11.1. The van der Waals surface area contributed by atoms with Crippen molar-refractivity contribution in [1.29, 1.82) is 0 Å². The molecule has 0 spiro atoms. The van der Waals surface area contributed by atoms with Gasteiger partial charge in [0.25, 0.3) is 0 Å². The molecule has 0 atom stereocenters. The highest BCUT2D eigenvalue weighted by molar-refractivity contribution is 6.22. The molecule has 0 saturated heterocycles. The van der Waals surface area contributed by atoms with Crippen molar-refractivity contribution in [1.82, 2.24) is 15.0 Å². The van der Waals surface area contributed by atoms with E-state index in [1.54, 1.807) is 0 Å². The van der Waals surface area contributed by atoms with E-state index in [1.165, 1.54) is 38.4 Å². The summed E-state index contributed by atoms with van der Waals surface area (Å²) in [4.78, 5) is 18.8. The Balaban J connectivity index is 1.27. The molecule has 0 unspecified atom stereocenters. The molecule has 0 radical (unpaired) electrons. The Morgan fingerprint density at radius 1 is 0.308 bits per heavy atom. The maximum Gasteiger partial charge on any atom is 0.187 e. The average molecular weight is 663 g/mol. The Hall–Kier alpha value is -7.22. The Labute approximate surface area is 302 Å². The van der Waals surface area contributed by atoms with Gasteiger partial charge in [-0.05, 0) is 67.1 Å². The summed E-state index contributed by atoms with van der Waals surface area (Å²) >= 11 is 0. The fraction of sp³-hybridized carbons (Fsp3) is 0. The Morgan fingerprint density at radius 2 is 0.750 bits per heavy atom. The van der Waals surface area contributed by atoms with Crippen molar-refractivity contribution in [3.8, 4) is 67.5 Å². The number of fused-ring (bicyclic) bond motifs is 3. The molecule has 0 aliphatic rings. The van der Waals surface area contributed by atoms with Crippen LogP contribution in [0.4, 0.5) is 5.69 Å². The van der Waals surface area contributed by atoms with Crippen LogP contribution in [-0.2, 0) is 0 Å². The van der Waals surface area contributed by atoms with Crippen molar-refractivity contribution < 1.29 is 0 Å². The first kappa shape index (κ1) is 30.8. The lowest BCUT2D eigenvalue weighted by Gasteiger charge is -2.19. The maximum absolute atomic E-state index is 7.33. The van der Waals surface area contributed by atoms with Crippen molar-refractivity contribution >= 4 is 27.2 Å². The van der Waals surface area contributed by atoms with Gasteiger partial charge in [0.1, 0.15) is 0 Å². The van der Waals surface area contributed by atoms with Gasteiger partial charge in [-0.2, -0.15) is 0 Å². The highest BCUT2D eigenvalue weighted by Gasteiger charge is 2.19. The lowest BCUT2D eigenvalue weighted by Crippen LogP contribution is -2.00. The lowest BCUT2D eigenvalue weighted by atomic mass is 9.84. The van der Waals surface area contributed by atoms with E-state index in [4.69, 9.17) is 21.5 Å². The smallest absolute Gasteiger partial charge is 0.187 e. The van der Waals surface area contributed by atoms with Gasteiger partial charge in [0, 0.05) is 16.7 Å². The van der Waals surface area contributed by atoms with Crippen LogP contribution in [-0.4, -0.2) is 15.0 Å². The SMILES string of the molecule is [C-]#[N+]c1ccc(-c2cccc(-c3nc(-c4ccccc4)nc(-c4ccc5c(-c6ccccc6)c(-c6ccccc6)c6ccccc6c5c4)n3)c2)cc1. The van der Waals surface area contributed by atoms with E-state index in [0.29, 0.717) is 23.2 Å². The molecular weight excluding hydrogens is 633 g/mol. The number of nitrogens with zero attached hydrogens (tertiary/aromatic N) is 4. The van der Waals surface area contributed by atoms with Crippen LogP contribution < -0.4 is 0 Å². The Morgan fingerprint density at radius 3 is 1.35 bits per heavy atom. The van der Waals surface area contributed by atoms with Crippen LogP contribution in [0.3, 0.4) is 0 Å². The van der Waals surface area contributed by atoms with E-state index in [0.717, 1.165) is 33.2 Å². The van der Waals surface area contributed by atoms with E-state index in [9.17, 15) is 0 Å². The molecule has 0 saturated carbocycles. The molecule has 9 rings (SSSR count). The van der Waals surface area contributed by atoms with Crippen LogP contribution in [0.1, 0.15) is 0 Å². The molecule has 0 fully saturated rings. The highest BCUT2D eigenvalue weighted by Crippen LogP contribution is 2.45. The molecule has 0 amide bonds. The zero-order valence-corrected chi connectivity index (χ0v) is 28.1. The lowest BCUT2D eigenvalue weighted by molar-refractivity contribution is 1.07. The fourth-order valence-electron chi connectivity index (χ4n) is 7.06. The first-order valence-corrected chi connectivity index (χ1v) is 17.2. The number of aromatic nitrogens is 3. The second-order valence-corrected chi connectivity index (χ2v) is 12.7. The van der Waals surface area contributed by atoms with E-state index < -0.39 is 0 Å². The quantitative estimate of drug-likeness (QED) is 0.131. The monoisotopic (exact) mass is 662 g/mol. The average Bonchev–Trinajstić information content (AvgIpc) is 3.24. The minimum absolute atomic E-state index is 0.595. The van der Waals surface area contributed by atoms with E-state index >= 15 is 0 Å². The molecule has 8 aromatic carbocycles. The van der Waals surface area contributed by atoms with Gasteiger partial charge >= 0.3 is 0 Å². The summed E-state index contributed by atoms with van der Waals surface area (Å²) in [5.74, 6) is 1.81. The number of hydrogen-bond donors (Lipinski definition) is 0. The van der Waals surface area contributed by atoms with Gasteiger partial charge in [-0.25, -0.2) is 19.8 Å². The summed E-state index contributed by atoms with van der Waals surface area (Å²) in [5.41, 5.74) is 10.2. The van der Waals surface area contributed by atoms with Crippen molar-refractivity contribution in [3.63, 3.8) is 0 Å². The molecule has 0 bridgehead atoms. The van der Waals surface area contributed by atoms with Gasteiger partial charge in [-0.15, -0.1) is 0 Å². The molecule has 1 heterocycles. The summed E-state index contributed by atoms with van der Waals surface area (Å²) in [7, 11) is 0. The molecule has 0 aliphatic carbocycles. The Bertz CT molecular complexity index is 2770. The summed E-state index contributed by atoms with van der Waals surface area (Å²) in [6, 6.07) is 62.6. The standard InChI is InChI=1S/C48H30N4/c1-49-39-27-24-32(25-28-39)36-20-13-21-37(30-36)47-50-46(35-18-9-4-10-19-35)51-48(52-47)38-26-29-42-43(31-38)40-22-11-12-23-41(40)44(33-14-5-2-6-15-33)45(42)34-16-7-3-8-17-34/h2-31H. The Kier molecular flexibility index (Phi) is 7.85. The van der Waals surface area contributed by atoms with Gasteiger partial charge < -0.3 is 0 Å². The van der Waals surface area contributed by atoms with Gasteiger partial charge in [-0.3, -0.25) is 0 Å². The second kappa shape index (κ2) is 13.2. The van der Waals surface area contributed by atoms with Gasteiger partial charge in [0.05, 0.1) is 6.57 Å². The highest BCUT2D eigenvalue weighted by atomic mass is 15.0. The molecule has 4 nitrogen and oxygen atoms in total. The van der Waals surface area contributed by atoms with Gasteiger partial charge in [-0.1, -0.05) is 170 Å². The van der Waals surface area contributed by atoms with Crippen LogP contribution in [0.15, 0.2) is 182 Å². The summed E-state index contributed by atoms with van der Waals surface area (Å²) in [5, 5.41) is 4.67. The second-order valence-electron chi connectivity index (χ2n) is 12.7. The van der Waals surface area contributed by atoms with Crippen LogP contribution in [0.5, 0.6) is 0 Å². The molecule has 9 aromatic rings. The predicted octanol–water partition coefficient (Wildman–Crippen LogP) is 12.7. The largest absolute Gasteiger partial charge is 0.238 e. The maximum atomic E-state index is 7.33. The van der Waals surface area contributed by atoms with Crippen molar-refractivity contribution in [2.24, 2.45) is 0 Å². The van der Waals surface area contributed by atoms with Crippen LogP contribution in [0.25, 0.3) is 93.9 Å². The summed E-state index contributed by atoms with van der Waals surface area (Å²) in [6.07, 6.45) is 0. The molecule has 1 aromatic heterocycles. The third kappa shape index (κ3) is 5.67. The van der Waals surface area contributed by atoms with Crippen LogP contribution in [0.2, 0.25) is 0 Å². The third-order valence-electron chi connectivity index (χ3n) is 9.53. The number of rotatable bonds is 6. The molecule has 4 heteroatoms. The summed E-state index contributed by atoms with van der Waals surface area (Å²) < 4.78 is 0. The molecule has 242 valence electrons. The molecular formula is C48H30N4. The molecule has 52 heavy (non-hydrogen) atoms. The zero-order valence-electron chi connectivity index (χ0n) is 28.1. The van der Waals surface area contributed by atoms with Crippen molar-refractivity contribution in [3.05, 3.63) is 193 Å². The first-order valence-electron chi connectivity index (χ1n) is 17.2. The number of hydrogen-bond acceptors (Lipinski definition) is 3. The third-order valence-corrected chi connectivity index (χ3v) is 9.53. The topological polar surface area (TPSA) is 43.0 Å². The predicted molar refractivity (Wildman–Crippen MR) is 214 cm³/mol. The fourth-order valence-corrected chi connectivity index (χ4v) is 7.06. The van der Waals surface area contributed by atoms with Crippen molar-refractivity contribution in [2.45, 2.75) is 0 Å². The van der Waals surface area contributed by atoms with E-state index in [1.807, 2.05) is 66.7 Å². The minimum Gasteiger partial charge on any atom is -0.238 e. The molecule has 0 N–H and O–H groups in total. The van der Waals surface area contributed by atoms with Crippen LogP contribution in [0, 0.1) is 6.57 Å². The first-order chi connectivity index (χ1) is 25.7.